The van der Waals surface area contributed by atoms with E-state index in [1.165, 1.54) is 0 Å². The Morgan fingerprint density at radius 3 is 2.50 bits per heavy atom. The van der Waals surface area contributed by atoms with Crippen molar-refractivity contribution >= 4 is 21.7 Å². The third kappa shape index (κ3) is 3.10. The van der Waals surface area contributed by atoms with Crippen molar-refractivity contribution in [3.8, 4) is 11.6 Å². The molecular weight excluding hydrogens is 318 g/mol. The maximum Gasteiger partial charge on any atom is 0.227 e. The fourth-order valence-electron chi connectivity index (χ4n) is 1.72. The van der Waals surface area contributed by atoms with Crippen LogP contribution >= 0.6 is 15.9 Å². The van der Waals surface area contributed by atoms with Crippen LogP contribution in [0.5, 0.6) is 11.6 Å². The van der Waals surface area contributed by atoms with E-state index in [0.717, 1.165) is 21.3 Å². The zero-order valence-corrected chi connectivity index (χ0v) is 13.7. The van der Waals surface area contributed by atoms with Gasteiger partial charge in [0.25, 0.3) is 0 Å². The van der Waals surface area contributed by atoms with E-state index in [0.29, 0.717) is 17.5 Å². The maximum absolute atomic E-state index is 5.94. The molecule has 2 rings (SSSR count). The van der Waals surface area contributed by atoms with Crippen LogP contribution in [0.4, 0.5) is 5.82 Å². The van der Waals surface area contributed by atoms with Crippen LogP contribution in [0.1, 0.15) is 36.7 Å². The molecule has 106 valence electrons. The summed E-state index contributed by atoms with van der Waals surface area (Å²) in [5.74, 6) is 2.65. The Kier molecular flexibility index (Phi) is 4.28. The Bertz CT molecular complexity index is 641. The average molecular weight is 336 g/mol. The number of aromatic nitrogens is 2. The van der Waals surface area contributed by atoms with Gasteiger partial charge in [0, 0.05) is 10.4 Å². The molecule has 0 spiro atoms. The summed E-state index contributed by atoms with van der Waals surface area (Å²) >= 11 is 3.44. The highest BCUT2D eigenvalue weighted by Gasteiger charge is 2.14. The van der Waals surface area contributed by atoms with E-state index >= 15 is 0 Å². The van der Waals surface area contributed by atoms with E-state index in [1.54, 1.807) is 0 Å². The lowest BCUT2D eigenvalue weighted by atomic mass is 10.2. The Hall–Kier alpha value is -1.62. The van der Waals surface area contributed by atoms with Gasteiger partial charge in [0.15, 0.2) is 0 Å². The number of benzene rings is 1. The van der Waals surface area contributed by atoms with Crippen LogP contribution in [0.2, 0.25) is 0 Å². The number of nitrogen functional groups attached to an aromatic ring is 1. The number of hydrogen-bond donors (Lipinski definition) is 1. The summed E-state index contributed by atoms with van der Waals surface area (Å²) in [6.07, 6.45) is 0. The molecule has 0 aliphatic carbocycles. The van der Waals surface area contributed by atoms with Crippen molar-refractivity contribution < 1.29 is 4.74 Å². The molecular formula is C15H18BrN3O. The number of nitrogens with zero attached hydrogens (tertiary/aromatic N) is 2. The van der Waals surface area contributed by atoms with Gasteiger partial charge in [0.05, 0.1) is 5.56 Å². The van der Waals surface area contributed by atoms with Gasteiger partial charge >= 0.3 is 0 Å². The molecule has 2 aromatic rings. The third-order valence-corrected chi connectivity index (χ3v) is 3.51. The Morgan fingerprint density at radius 2 is 1.90 bits per heavy atom. The minimum atomic E-state index is 0.200. The van der Waals surface area contributed by atoms with Crippen molar-refractivity contribution in [2.24, 2.45) is 0 Å². The number of hydrogen-bond acceptors (Lipinski definition) is 4. The van der Waals surface area contributed by atoms with E-state index < -0.39 is 0 Å². The van der Waals surface area contributed by atoms with E-state index in [-0.39, 0.29) is 5.92 Å². The Morgan fingerprint density at radius 1 is 1.20 bits per heavy atom. The van der Waals surface area contributed by atoms with Gasteiger partial charge in [0.1, 0.15) is 17.4 Å². The molecule has 0 saturated carbocycles. The number of rotatable bonds is 3. The molecule has 0 bridgehead atoms. The largest absolute Gasteiger partial charge is 0.438 e. The minimum absolute atomic E-state index is 0.200. The van der Waals surface area contributed by atoms with Gasteiger partial charge in [-0.25, -0.2) is 4.98 Å². The number of halogens is 1. The Labute approximate surface area is 127 Å². The lowest BCUT2D eigenvalue weighted by Gasteiger charge is -2.14. The first kappa shape index (κ1) is 14.8. The van der Waals surface area contributed by atoms with Crippen LogP contribution in [0.3, 0.4) is 0 Å². The summed E-state index contributed by atoms with van der Waals surface area (Å²) < 4.78 is 6.93. The molecule has 0 amide bonds. The average Bonchev–Trinajstić information content (AvgIpc) is 2.37. The first-order valence-corrected chi connectivity index (χ1v) is 7.25. The summed E-state index contributed by atoms with van der Waals surface area (Å²) in [5.41, 5.74) is 7.73. The van der Waals surface area contributed by atoms with Gasteiger partial charge in [-0.3, -0.25) is 0 Å². The van der Waals surface area contributed by atoms with Gasteiger partial charge < -0.3 is 10.5 Å². The molecule has 20 heavy (non-hydrogen) atoms. The number of anilines is 1. The lowest BCUT2D eigenvalue weighted by Crippen LogP contribution is -2.06. The van der Waals surface area contributed by atoms with Crippen LogP contribution in [-0.2, 0) is 0 Å². The smallest absolute Gasteiger partial charge is 0.227 e. The molecule has 0 fully saturated rings. The molecule has 1 heterocycles. The fraction of sp³-hybridized carbons (Fsp3) is 0.333. The summed E-state index contributed by atoms with van der Waals surface area (Å²) in [5, 5.41) is 0. The highest BCUT2D eigenvalue weighted by molar-refractivity contribution is 9.10. The van der Waals surface area contributed by atoms with E-state index in [4.69, 9.17) is 10.5 Å². The molecule has 1 aromatic carbocycles. The fourth-order valence-corrected chi connectivity index (χ4v) is 2.19. The van der Waals surface area contributed by atoms with Crippen LogP contribution < -0.4 is 10.5 Å². The van der Waals surface area contributed by atoms with E-state index in [1.807, 2.05) is 45.9 Å². The van der Waals surface area contributed by atoms with Crippen molar-refractivity contribution in [3.63, 3.8) is 0 Å². The van der Waals surface area contributed by atoms with Crippen molar-refractivity contribution in [2.45, 2.75) is 33.6 Å². The molecule has 4 nitrogen and oxygen atoms in total. The van der Waals surface area contributed by atoms with E-state index in [9.17, 15) is 0 Å². The van der Waals surface area contributed by atoms with Gasteiger partial charge in [-0.05, 0) is 37.6 Å². The van der Waals surface area contributed by atoms with Crippen molar-refractivity contribution in [3.05, 3.63) is 39.6 Å². The van der Waals surface area contributed by atoms with Crippen LogP contribution in [0.15, 0.2) is 22.7 Å². The highest BCUT2D eigenvalue weighted by atomic mass is 79.9. The molecule has 0 saturated heterocycles. The molecule has 0 atom stereocenters. The highest BCUT2D eigenvalue weighted by Crippen LogP contribution is 2.30. The normalized spacial score (nSPS) is 10.9. The molecule has 1 aromatic heterocycles. The zero-order chi connectivity index (χ0) is 14.9. The molecule has 0 radical (unpaired) electrons. The van der Waals surface area contributed by atoms with Crippen molar-refractivity contribution in [1.29, 1.82) is 0 Å². The van der Waals surface area contributed by atoms with Crippen molar-refractivity contribution in [1.82, 2.24) is 9.97 Å². The topological polar surface area (TPSA) is 61.0 Å². The summed E-state index contributed by atoms with van der Waals surface area (Å²) in [4.78, 5) is 8.76. The summed E-state index contributed by atoms with van der Waals surface area (Å²) in [6.45, 7) is 7.91. The quantitative estimate of drug-likeness (QED) is 0.905. The van der Waals surface area contributed by atoms with Gasteiger partial charge in [0.2, 0.25) is 5.88 Å². The second-order valence-electron chi connectivity index (χ2n) is 5.06. The summed E-state index contributed by atoms with van der Waals surface area (Å²) in [7, 11) is 0. The summed E-state index contributed by atoms with van der Waals surface area (Å²) in [6, 6.07) is 5.84. The van der Waals surface area contributed by atoms with Crippen molar-refractivity contribution in [2.75, 3.05) is 5.73 Å². The molecule has 5 heteroatoms. The van der Waals surface area contributed by atoms with Crippen LogP contribution in [0.25, 0.3) is 0 Å². The first-order valence-electron chi connectivity index (χ1n) is 6.46. The second kappa shape index (κ2) is 5.79. The van der Waals surface area contributed by atoms with Crippen LogP contribution in [0, 0.1) is 13.8 Å². The van der Waals surface area contributed by atoms with Gasteiger partial charge in [-0.15, -0.1) is 0 Å². The predicted molar refractivity (Wildman–Crippen MR) is 84.2 cm³/mol. The number of nitrogens with two attached hydrogens (primary N) is 1. The number of aryl methyl sites for hydroxylation is 1. The van der Waals surface area contributed by atoms with Gasteiger partial charge in [-0.2, -0.15) is 4.98 Å². The molecule has 0 unspecified atom stereocenters. The zero-order valence-electron chi connectivity index (χ0n) is 12.1. The molecule has 2 N–H and O–H groups in total. The third-order valence-electron chi connectivity index (χ3n) is 3.02. The standard InChI is InChI=1S/C15H18BrN3O/c1-8(2)14-18-13(17)10(4)15(19-14)20-12-6-5-11(16)7-9(12)3/h5-8H,1-4H3,(H2,17,18,19). The van der Waals surface area contributed by atoms with E-state index in [2.05, 4.69) is 25.9 Å². The first-order chi connectivity index (χ1) is 9.38. The second-order valence-corrected chi connectivity index (χ2v) is 5.98. The maximum atomic E-state index is 5.94. The predicted octanol–water partition coefficient (Wildman–Crippen LogP) is 4.35. The monoisotopic (exact) mass is 335 g/mol. The minimum Gasteiger partial charge on any atom is -0.438 e. The SMILES string of the molecule is Cc1cc(Br)ccc1Oc1nc(C(C)C)nc(N)c1C. The Balaban J connectivity index is 2.42. The molecule has 0 aliphatic heterocycles. The van der Waals surface area contributed by atoms with Crippen LogP contribution in [-0.4, -0.2) is 9.97 Å². The van der Waals surface area contributed by atoms with Gasteiger partial charge in [-0.1, -0.05) is 29.8 Å². The number of ether oxygens (including phenoxy) is 1. The molecule has 0 aliphatic rings. The lowest BCUT2D eigenvalue weighted by molar-refractivity contribution is 0.450.